The van der Waals surface area contributed by atoms with E-state index in [1.807, 2.05) is 44.2 Å². The first kappa shape index (κ1) is 15.1. The molecule has 0 saturated heterocycles. The highest BCUT2D eigenvalue weighted by atomic mass is 16.2. The van der Waals surface area contributed by atoms with Crippen molar-refractivity contribution in [2.75, 3.05) is 25.0 Å². The molecule has 2 N–H and O–H groups in total. The number of urea groups is 1. The van der Waals surface area contributed by atoms with Gasteiger partial charge in [-0.3, -0.25) is 4.79 Å². The van der Waals surface area contributed by atoms with Crippen LogP contribution in [0.5, 0.6) is 0 Å². The van der Waals surface area contributed by atoms with Crippen LogP contribution >= 0.6 is 0 Å². The Morgan fingerprint density at radius 2 is 1.95 bits per heavy atom. The van der Waals surface area contributed by atoms with Crippen molar-refractivity contribution in [2.45, 2.75) is 20.3 Å². The van der Waals surface area contributed by atoms with E-state index < -0.39 is 0 Å². The number of nitrogens with zero attached hydrogens (tertiary/aromatic N) is 1. The summed E-state index contributed by atoms with van der Waals surface area (Å²) in [5, 5.41) is 5.64. The Labute approximate surface area is 125 Å². The Balaban J connectivity index is 1.92. The lowest BCUT2D eigenvalue weighted by Gasteiger charge is -2.26. The summed E-state index contributed by atoms with van der Waals surface area (Å²) in [5.41, 5.74) is 2.68. The molecular formula is C16H21N3O2. The van der Waals surface area contributed by atoms with E-state index >= 15 is 0 Å². The third kappa shape index (κ3) is 4.08. The molecule has 0 fully saturated rings. The van der Waals surface area contributed by atoms with Crippen LogP contribution in [0.15, 0.2) is 35.9 Å². The molecule has 0 unspecified atom stereocenters. The van der Waals surface area contributed by atoms with Crippen LogP contribution in [-0.4, -0.2) is 36.5 Å². The van der Waals surface area contributed by atoms with E-state index in [1.54, 1.807) is 4.90 Å². The van der Waals surface area contributed by atoms with Crippen molar-refractivity contribution in [3.05, 3.63) is 41.5 Å². The van der Waals surface area contributed by atoms with Crippen molar-refractivity contribution in [1.29, 1.82) is 0 Å². The summed E-state index contributed by atoms with van der Waals surface area (Å²) in [7, 11) is 0. The number of anilines is 1. The molecule has 0 spiro atoms. The van der Waals surface area contributed by atoms with Gasteiger partial charge >= 0.3 is 6.03 Å². The highest BCUT2D eigenvalue weighted by Crippen LogP contribution is 2.15. The summed E-state index contributed by atoms with van der Waals surface area (Å²) < 4.78 is 0. The third-order valence-electron chi connectivity index (χ3n) is 3.43. The van der Waals surface area contributed by atoms with E-state index in [0.717, 1.165) is 16.8 Å². The van der Waals surface area contributed by atoms with Crippen molar-refractivity contribution in [2.24, 2.45) is 0 Å². The second kappa shape index (κ2) is 6.92. The molecular weight excluding hydrogens is 266 g/mol. The van der Waals surface area contributed by atoms with Crippen molar-refractivity contribution >= 4 is 17.6 Å². The highest BCUT2D eigenvalue weighted by molar-refractivity contribution is 6.04. The zero-order valence-corrected chi connectivity index (χ0v) is 12.5. The van der Waals surface area contributed by atoms with Crippen LogP contribution in [0.2, 0.25) is 0 Å². The number of rotatable bonds is 3. The molecule has 0 aromatic heterocycles. The fraction of sp³-hybridized carbons (Fsp3) is 0.375. The largest absolute Gasteiger partial charge is 0.338 e. The van der Waals surface area contributed by atoms with E-state index in [0.29, 0.717) is 26.1 Å². The minimum absolute atomic E-state index is 0.0771. The maximum atomic E-state index is 12.2. The average molecular weight is 287 g/mol. The maximum Gasteiger partial charge on any atom is 0.317 e. The lowest BCUT2D eigenvalue weighted by Crippen LogP contribution is -2.42. The highest BCUT2D eigenvalue weighted by Gasteiger charge is 2.20. The van der Waals surface area contributed by atoms with Crippen LogP contribution in [-0.2, 0) is 4.79 Å². The summed E-state index contributed by atoms with van der Waals surface area (Å²) in [6.07, 6.45) is 2.40. The topological polar surface area (TPSA) is 61.4 Å². The standard InChI is InChI=1S/C16H21N3O2/c1-3-17-16(21)19-10-8-13(9-11-19)15(20)18-14-6-4-12(2)5-7-14/h4-8H,3,9-11H2,1-2H3,(H,17,21)(H,18,20). The number of aryl methyl sites for hydroxylation is 1. The quantitative estimate of drug-likeness (QED) is 0.896. The Kier molecular flexibility index (Phi) is 4.98. The van der Waals surface area contributed by atoms with Gasteiger partial charge in [-0.05, 0) is 32.4 Å². The first-order valence-corrected chi connectivity index (χ1v) is 7.20. The molecule has 5 nitrogen and oxygen atoms in total. The summed E-state index contributed by atoms with van der Waals surface area (Å²) in [5.74, 6) is -0.0885. The van der Waals surface area contributed by atoms with Crippen LogP contribution in [0.25, 0.3) is 0 Å². The second-order valence-electron chi connectivity index (χ2n) is 5.08. The minimum Gasteiger partial charge on any atom is -0.338 e. The zero-order valence-electron chi connectivity index (χ0n) is 12.5. The van der Waals surface area contributed by atoms with Crippen molar-refractivity contribution in [1.82, 2.24) is 10.2 Å². The number of amides is 3. The molecule has 1 aliphatic rings. The number of hydrogen-bond donors (Lipinski definition) is 2. The predicted molar refractivity (Wildman–Crippen MR) is 83.2 cm³/mol. The van der Waals surface area contributed by atoms with Gasteiger partial charge in [0.15, 0.2) is 0 Å². The normalized spacial score (nSPS) is 14.4. The van der Waals surface area contributed by atoms with Gasteiger partial charge in [-0.1, -0.05) is 23.8 Å². The van der Waals surface area contributed by atoms with Crippen LogP contribution < -0.4 is 10.6 Å². The molecule has 0 bridgehead atoms. The van der Waals surface area contributed by atoms with Gasteiger partial charge in [-0.15, -0.1) is 0 Å². The van der Waals surface area contributed by atoms with Crippen molar-refractivity contribution in [3.63, 3.8) is 0 Å². The van der Waals surface area contributed by atoms with E-state index in [9.17, 15) is 9.59 Å². The Hall–Kier alpha value is -2.30. The van der Waals surface area contributed by atoms with Gasteiger partial charge in [0.2, 0.25) is 0 Å². The van der Waals surface area contributed by atoms with Crippen LogP contribution in [0, 0.1) is 6.92 Å². The number of carbonyl (C=O) groups is 2. The molecule has 0 saturated carbocycles. The molecule has 1 aliphatic heterocycles. The lowest BCUT2D eigenvalue weighted by molar-refractivity contribution is -0.113. The fourth-order valence-electron chi connectivity index (χ4n) is 2.17. The SMILES string of the molecule is CCNC(=O)N1CC=C(C(=O)Nc2ccc(C)cc2)CC1. The van der Waals surface area contributed by atoms with Gasteiger partial charge in [0.25, 0.3) is 5.91 Å². The number of carbonyl (C=O) groups excluding carboxylic acids is 2. The second-order valence-corrected chi connectivity index (χ2v) is 5.08. The van der Waals surface area contributed by atoms with Crippen LogP contribution in [0.1, 0.15) is 18.9 Å². The minimum atomic E-state index is -0.0885. The van der Waals surface area contributed by atoms with E-state index in [-0.39, 0.29) is 11.9 Å². The van der Waals surface area contributed by atoms with Gasteiger partial charge in [0, 0.05) is 30.9 Å². The number of hydrogen-bond acceptors (Lipinski definition) is 2. The van der Waals surface area contributed by atoms with Gasteiger partial charge in [-0.2, -0.15) is 0 Å². The molecule has 0 radical (unpaired) electrons. The molecule has 2 rings (SSSR count). The number of benzene rings is 1. The smallest absolute Gasteiger partial charge is 0.317 e. The van der Waals surface area contributed by atoms with Gasteiger partial charge < -0.3 is 15.5 Å². The monoisotopic (exact) mass is 287 g/mol. The zero-order chi connectivity index (χ0) is 15.2. The van der Waals surface area contributed by atoms with Crippen molar-refractivity contribution in [3.8, 4) is 0 Å². The van der Waals surface area contributed by atoms with Gasteiger partial charge in [0.05, 0.1) is 0 Å². The lowest BCUT2D eigenvalue weighted by atomic mass is 10.1. The van der Waals surface area contributed by atoms with E-state index in [1.165, 1.54) is 0 Å². The molecule has 1 heterocycles. The molecule has 1 aromatic carbocycles. The average Bonchev–Trinajstić information content (AvgIpc) is 2.50. The molecule has 0 aliphatic carbocycles. The third-order valence-corrected chi connectivity index (χ3v) is 3.43. The molecule has 112 valence electrons. The Morgan fingerprint density at radius 1 is 1.24 bits per heavy atom. The molecule has 3 amide bonds. The number of nitrogens with one attached hydrogen (secondary N) is 2. The molecule has 1 aromatic rings. The Bertz CT molecular complexity index is 549. The summed E-state index contributed by atoms with van der Waals surface area (Å²) in [4.78, 5) is 25.5. The molecule has 5 heteroatoms. The summed E-state index contributed by atoms with van der Waals surface area (Å²) >= 11 is 0. The van der Waals surface area contributed by atoms with Crippen LogP contribution in [0.4, 0.5) is 10.5 Å². The van der Waals surface area contributed by atoms with Gasteiger partial charge in [-0.25, -0.2) is 4.79 Å². The first-order valence-electron chi connectivity index (χ1n) is 7.20. The van der Waals surface area contributed by atoms with Crippen molar-refractivity contribution < 1.29 is 9.59 Å². The maximum absolute atomic E-state index is 12.2. The van der Waals surface area contributed by atoms with E-state index in [2.05, 4.69) is 10.6 Å². The summed E-state index contributed by atoms with van der Waals surface area (Å²) in [6, 6.07) is 7.62. The molecule has 0 atom stereocenters. The van der Waals surface area contributed by atoms with Crippen LogP contribution in [0.3, 0.4) is 0 Å². The summed E-state index contributed by atoms with van der Waals surface area (Å²) in [6.45, 7) is 5.55. The van der Waals surface area contributed by atoms with E-state index in [4.69, 9.17) is 0 Å². The first-order chi connectivity index (χ1) is 10.1. The molecule has 21 heavy (non-hydrogen) atoms. The predicted octanol–water partition coefficient (Wildman–Crippen LogP) is 2.30. The van der Waals surface area contributed by atoms with Gasteiger partial charge in [0.1, 0.15) is 0 Å². The Morgan fingerprint density at radius 3 is 2.52 bits per heavy atom. The fourth-order valence-corrected chi connectivity index (χ4v) is 2.17.